The SMILES string of the molecule is COc1ccc(C(=O)Nn2c(=O)n(-c3ccccc3)c(=O)n(-c3ccccc3)c2=O)cc1. The van der Waals surface area contributed by atoms with Gasteiger partial charge in [-0.15, -0.1) is 4.68 Å². The minimum Gasteiger partial charge on any atom is -0.497 e. The zero-order valence-corrected chi connectivity index (χ0v) is 17.0. The zero-order valence-electron chi connectivity index (χ0n) is 17.0. The van der Waals surface area contributed by atoms with Crippen LogP contribution in [0, 0.1) is 0 Å². The lowest BCUT2D eigenvalue weighted by Gasteiger charge is -2.14. The monoisotopic (exact) mass is 430 g/mol. The van der Waals surface area contributed by atoms with E-state index in [4.69, 9.17) is 4.74 Å². The summed E-state index contributed by atoms with van der Waals surface area (Å²) in [7, 11) is 1.49. The van der Waals surface area contributed by atoms with E-state index in [-0.39, 0.29) is 16.9 Å². The van der Waals surface area contributed by atoms with Crippen molar-refractivity contribution in [3.05, 3.63) is 122 Å². The Labute approximate surface area is 181 Å². The molecule has 160 valence electrons. The molecule has 1 aromatic heterocycles. The molecule has 0 radical (unpaired) electrons. The standard InChI is InChI=1S/C23H18N4O5/c1-32-19-14-12-16(13-15-19)20(28)24-27-22(30)25(17-8-4-2-5-9-17)21(29)26(23(27)31)18-10-6-3-7-11-18/h2-15H,1H3,(H,24,28). The lowest BCUT2D eigenvalue weighted by molar-refractivity contribution is 0.100. The van der Waals surface area contributed by atoms with Crippen LogP contribution in [-0.2, 0) is 0 Å². The van der Waals surface area contributed by atoms with Crippen LogP contribution in [0.15, 0.2) is 99.3 Å². The summed E-state index contributed by atoms with van der Waals surface area (Å²) in [4.78, 5) is 52.2. The van der Waals surface area contributed by atoms with Gasteiger partial charge in [-0.05, 0) is 48.5 Å². The first-order chi connectivity index (χ1) is 15.5. The van der Waals surface area contributed by atoms with Gasteiger partial charge in [0.25, 0.3) is 5.91 Å². The Hall–Kier alpha value is -4.66. The van der Waals surface area contributed by atoms with Crippen LogP contribution in [0.2, 0.25) is 0 Å². The molecular formula is C23H18N4O5. The van der Waals surface area contributed by atoms with Crippen LogP contribution < -0.4 is 27.2 Å². The minimum atomic E-state index is -1.000. The average Bonchev–Trinajstić information content (AvgIpc) is 2.83. The molecular weight excluding hydrogens is 412 g/mol. The maximum atomic E-state index is 13.2. The van der Waals surface area contributed by atoms with Crippen LogP contribution in [-0.4, -0.2) is 26.8 Å². The highest BCUT2D eigenvalue weighted by atomic mass is 16.5. The van der Waals surface area contributed by atoms with E-state index < -0.39 is 23.0 Å². The van der Waals surface area contributed by atoms with Gasteiger partial charge in [-0.2, -0.15) is 0 Å². The highest BCUT2D eigenvalue weighted by molar-refractivity contribution is 5.99. The third-order valence-electron chi connectivity index (χ3n) is 4.74. The summed E-state index contributed by atoms with van der Waals surface area (Å²) < 4.78 is 7.24. The second-order valence-corrected chi connectivity index (χ2v) is 6.69. The number of ether oxygens (including phenoxy) is 1. The maximum Gasteiger partial charge on any atom is 0.360 e. The smallest absolute Gasteiger partial charge is 0.360 e. The molecule has 0 saturated carbocycles. The molecule has 0 spiro atoms. The van der Waals surface area contributed by atoms with Crippen LogP contribution in [0.3, 0.4) is 0 Å². The van der Waals surface area contributed by atoms with Crippen LogP contribution in [0.25, 0.3) is 11.4 Å². The highest BCUT2D eigenvalue weighted by Crippen LogP contribution is 2.11. The Morgan fingerprint density at radius 3 is 1.59 bits per heavy atom. The van der Waals surface area contributed by atoms with Crippen molar-refractivity contribution in [2.24, 2.45) is 0 Å². The number of aromatic nitrogens is 3. The van der Waals surface area contributed by atoms with Gasteiger partial charge < -0.3 is 4.74 Å². The quantitative estimate of drug-likeness (QED) is 0.517. The Balaban J connectivity index is 1.92. The van der Waals surface area contributed by atoms with Gasteiger partial charge in [-0.1, -0.05) is 36.4 Å². The molecule has 0 saturated heterocycles. The Morgan fingerprint density at radius 2 is 1.16 bits per heavy atom. The van der Waals surface area contributed by atoms with Gasteiger partial charge >= 0.3 is 17.1 Å². The fourth-order valence-corrected chi connectivity index (χ4v) is 3.15. The summed E-state index contributed by atoms with van der Waals surface area (Å²) in [6.07, 6.45) is 0. The number of rotatable bonds is 5. The number of nitrogens with one attached hydrogen (secondary N) is 1. The van der Waals surface area contributed by atoms with Gasteiger partial charge in [0.2, 0.25) is 0 Å². The molecule has 0 aliphatic carbocycles. The van der Waals surface area contributed by atoms with Gasteiger partial charge in [0.05, 0.1) is 18.5 Å². The van der Waals surface area contributed by atoms with Crippen LogP contribution >= 0.6 is 0 Å². The van der Waals surface area contributed by atoms with E-state index in [2.05, 4.69) is 5.43 Å². The van der Waals surface area contributed by atoms with Gasteiger partial charge in [0.15, 0.2) is 0 Å². The van der Waals surface area contributed by atoms with E-state index in [1.165, 1.54) is 19.2 Å². The summed E-state index contributed by atoms with van der Waals surface area (Å²) in [5.41, 5.74) is 0.152. The number of carbonyl (C=O) groups is 1. The molecule has 1 amide bonds. The van der Waals surface area contributed by atoms with Crippen molar-refractivity contribution in [2.45, 2.75) is 0 Å². The summed E-state index contributed by atoms with van der Waals surface area (Å²) in [6.45, 7) is 0. The minimum absolute atomic E-state index is 0.195. The van der Waals surface area contributed by atoms with Gasteiger partial charge in [0, 0.05) is 5.56 Å². The molecule has 3 aromatic carbocycles. The van der Waals surface area contributed by atoms with Crippen LogP contribution in [0.1, 0.15) is 10.4 Å². The number of amides is 1. The number of benzene rings is 3. The molecule has 0 fully saturated rings. The molecule has 0 aliphatic heterocycles. The summed E-state index contributed by atoms with van der Waals surface area (Å²) in [6, 6.07) is 22.4. The largest absolute Gasteiger partial charge is 0.497 e. The maximum absolute atomic E-state index is 13.2. The number of methoxy groups -OCH3 is 1. The topological polar surface area (TPSA) is 104 Å². The lowest BCUT2D eigenvalue weighted by atomic mass is 10.2. The van der Waals surface area contributed by atoms with Gasteiger partial charge in [0.1, 0.15) is 5.75 Å². The van der Waals surface area contributed by atoms with E-state index in [1.807, 2.05) is 0 Å². The molecule has 1 N–H and O–H groups in total. The van der Waals surface area contributed by atoms with E-state index in [1.54, 1.807) is 72.8 Å². The third-order valence-corrected chi connectivity index (χ3v) is 4.74. The summed E-state index contributed by atoms with van der Waals surface area (Å²) in [5, 5.41) is 0. The van der Waals surface area contributed by atoms with E-state index in [0.717, 1.165) is 9.13 Å². The van der Waals surface area contributed by atoms with E-state index in [0.29, 0.717) is 10.4 Å². The number of hydrogen-bond acceptors (Lipinski definition) is 5. The number of carbonyl (C=O) groups excluding carboxylic acids is 1. The normalized spacial score (nSPS) is 10.5. The predicted octanol–water partition coefficient (Wildman–Crippen LogP) is 1.54. The first-order valence-corrected chi connectivity index (χ1v) is 9.58. The predicted molar refractivity (Wildman–Crippen MR) is 119 cm³/mol. The molecule has 0 atom stereocenters. The third kappa shape index (κ3) is 3.74. The molecule has 0 bridgehead atoms. The molecule has 4 aromatic rings. The Bertz CT molecular complexity index is 1360. The molecule has 1 heterocycles. The fraction of sp³-hybridized carbons (Fsp3) is 0.0435. The van der Waals surface area contributed by atoms with Crippen molar-refractivity contribution >= 4 is 5.91 Å². The molecule has 9 nitrogen and oxygen atoms in total. The molecule has 9 heteroatoms. The van der Waals surface area contributed by atoms with Crippen molar-refractivity contribution in [2.75, 3.05) is 12.5 Å². The van der Waals surface area contributed by atoms with Gasteiger partial charge in [-0.3, -0.25) is 10.2 Å². The molecule has 32 heavy (non-hydrogen) atoms. The first kappa shape index (κ1) is 20.6. The first-order valence-electron chi connectivity index (χ1n) is 9.58. The van der Waals surface area contributed by atoms with Crippen LogP contribution in [0.4, 0.5) is 0 Å². The number of para-hydroxylation sites is 2. The summed E-state index contributed by atoms with van der Waals surface area (Å²) >= 11 is 0. The van der Waals surface area contributed by atoms with Crippen molar-refractivity contribution in [1.29, 1.82) is 0 Å². The lowest BCUT2D eigenvalue weighted by Crippen LogP contribution is -2.56. The Morgan fingerprint density at radius 1 is 0.688 bits per heavy atom. The van der Waals surface area contributed by atoms with E-state index in [9.17, 15) is 19.2 Å². The number of nitrogens with zero attached hydrogens (tertiary/aromatic N) is 3. The van der Waals surface area contributed by atoms with E-state index >= 15 is 0 Å². The van der Waals surface area contributed by atoms with Crippen molar-refractivity contribution in [1.82, 2.24) is 13.8 Å². The Kier molecular flexibility index (Phi) is 5.54. The van der Waals surface area contributed by atoms with Gasteiger partial charge in [-0.25, -0.2) is 23.5 Å². The van der Waals surface area contributed by atoms with Crippen molar-refractivity contribution in [3.8, 4) is 17.1 Å². The van der Waals surface area contributed by atoms with Crippen molar-refractivity contribution in [3.63, 3.8) is 0 Å². The second kappa shape index (κ2) is 8.60. The molecule has 0 unspecified atom stereocenters. The molecule has 4 rings (SSSR count). The van der Waals surface area contributed by atoms with Crippen molar-refractivity contribution < 1.29 is 9.53 Å². The number of hydrogen-bond donors (Lipinski definition) is 1. The molecule has 0 aliphatic rings. The zero-order chi connectivity index (χ0) is 22.7. The average molecular weight is 430 g/mol. The van der Waals surface area contributed by atoms with Crippen LogP contribution in [0.5, 0.6) is 5.75 Å². The summed E-state index contributed by atoms with van der Waals surface area (Å²) in [5.74, 6) is -0.160. The second-order valence-electron chi connectivity index (χ2n) is 6.69. The fourth-order valence-electron chi connectivity index (χ4n) is 3.15. The highest BCUT2D eigenvalue weighted by Gasteiger charge is 2.20.